The molecule has 3 nitrogen and oxygen atoms in total. The molecule has 2 aromatic rings. The highest BCUT2D eigenvalue weighted by Gasteiger charge is 2.11. The van der Waals surface area contributed by atoms with E-state index >= 15 is 0 Å². The molecule has 0 saturated carbocycles. The summed E-state index contributed by atoms with van der Waals surface area (Å²) in [5, 5.41) is 7.98. The molecular weight excluding hydrogens is 226 g/mol. The van der Waals surface area contributed by atoms with Gasteiger partial charge in [-0.3, -0.25) is 4.57 Å². The van der Waals surface area contributed by atoms with Crippen molar-refractivity contribution < 1.29 is 0 Å². The van der Waals surface area contributed by atoms with Crippen molar-refractivity contribution in [2.24, 2.45) is 0 Å². The third-order valence-electron chi connectivity index (χ3n) is 2.03. The SMILES string of the molecule is Cc1nnc(C(=S)S)n1-c1ccccc1. The minimum absolute atomic E-state index is 0.444. The summed E-state index contributed by atoms with van der Waals surface area (Å²) in [6.07, 6.45) is 0. The zero-order valence-corrected chi connectivity index (χ0v) is 9.79. The summed E-state index contributed by atoms with van der Waals surface area (Å²) in [4.78, 5) is 0. The van der Waals surface area contributed by atoms with E-state index in [1.807, 2.05) is 41.8 Å². The summed E-state index contributed by atoms with van der Waals surface area (Å²) in [7, 11) is 0. The number of benzene rings is 1. The Labute approximate surface area is 98.6 Å². The summed E-state index contributed by atoms with van der Waals surface area (Å²) in [6, 6.07) is 9.83. The zero-order chi connectivity index (χ0) is 10.8. The number of thiol groups is 1. The van der Waals surface area contributed by atoms with Gasteiger partial charge >= 0.3 is 0 Å². The first-order valence-electron chi connectivity index (χ1n) is 4.41. The Morgan fingerprint density at radius 2 is 1.93 bits per heavy atom. The van der Waals surface area contributed by atoms with Crippen LogP contribution in [0.3, 0.4) is 0 Å². The molecule has 0 atom stereocenters. The van der Waals surface area contributed by atoms with Crippen molar-refractivity contribution in [1.29, 1.82) is 0 Å². The summed E-state index contributed by atoms with van der Waals surface area (Å²) < 4.78 is 2.33. The van der Waals surface area contributed by atoms with Crippen LogP contribution in [0.1, 0.15) is 11.6 Å². The molecule has 1 aromatic heterocycles. The van der Waals surface area contributed by atoms with Crippen molar-refractivity contribution >= 4 is 29.0 Å². The van der Waals surface area contributed by atoms with E-state index in [2.05, 4.69) is 22.8 Å². The van der Waals surface area contributed by atoms with Crippen LogP contribution in [0.25, 0.3) is 5.69 Å². The van der Waals surface area contributed by atoms with E-state index in [1.165, 1.54) is 0 Å². The summed E-state index contributed by atoms with van der Waals surface area (Å²) in [5.74, 6) is 1.41. The first-order valence-corrected chi connectivity index (χ1v) is 5.26. The van der Waals surface area contributed by atoms with Gasteiger partial charge in [0.05, 0.1) is 0 Å². The smallest absolute Gasteiger partial charge is 0.185 e. The predicted octanol–water partition coefficient (Wildman–Crippen LogP) is 2.18. The normalized spacial score (nSPS) is 10.3. The molecule has 5 heteroatoms. The molecule has 0 aliphatic carbocycles. The van der Waals surface area contributed by atoms with Crippen LogP contribution in [0.15, 0.2) is 30.3 Å². The highest BCUT2D eigenvalue weighted by Crippen LogP contribution is 2.14. The summed E-state index contributed by atoms with van der Waals surface area (Å²) in [6.45, 7) is 1.88. The third-order valence-corrected chi connectivity index (χ3v) is 2.41. The van der Waals surface area contributed by atoms with Gasteiger partial charge in [-0.05, 0) is 19.1 Å². The average Bonchev–Trinajstić information content (AvgIpc) is 2.61. The van der Waals surface area contributed by atoms with Crippen LogP contribution in [0.2, 0.25) is 0 Å². The predicted molar refractivity (Wildman–Crippen MR) is 66.8 cm³/mol. The van der Waals surface area contributed by atoms with E-state index in [4.69, 9.17) is 12.2 Å². The second-order valence-corrected chi connectivity index (χ2v) is 4.20. The topological polar surface area (TPSA) is 30.7 Å². The van der Waals surface area contributed by atoms with E-state index in [0.29, 0.717) is 10.0 Å². The van der Waals surface area contributed by atoms with Crippen LogP contribution in [0, 0.1) is 6.92 Å². The Balaban J connectivity index is 2.62. The number of hydrogen-bond acceptors (Lipinski definition) is 3. The van der Waals surface area contributed by atoms with Gasteiger partial charge in [0.15, 0.2) is 5.82 Å². The number of hydrogen-bond donors (Lipinski definition) is 1. The Morgan fingerprint density at radius 1 is 1.27 bits per heavy atom. The van der Waals surface area contributed by atoms with Crippen molar-refractivity contribution in [1.82, 2.24) is 14.8 Å². The van der Waals surface area contributed by atoms with Crippen molar-refractivity contribution in [2.45, 2.75) is 6.92 Å². The molecule has 15 heavy (non-hydrogen) atoms. The molecule has 0 aliphatic heterocycles. The van der Waals surface area contributed by atoms with Gasteiger partial charge in [-0.25, -0.2) is 0 Å². The van der Waals surface area contributed by atoms with E-state index in [-0.39, 0.29) is 0 Å². The van der Waals surface area contributed by atoms with Crippen molar-refractivity contribution in [3.63, 3.8) is 0 Å². The van der Waals surface area contributed by atoms with Crippen molar-refractivity contribution in [3.8, 4) is 5.69 Å². The molecule has 76 valence electrons. The van der Waals surface area contributed by atoms with E-state index < -0.39 is 0 Å². The second kappa shape index (κ2) is 4.12. The number of nitrogens with zero attached hydrogens (tertiary/aromatic N) is 3. The lowest BCUT2D eigenvalue weighted by atomic mass is 10.3. The maximum atomic E-state index is 5.00. The van der Waals surface area contributed by atoms with Gasteiger partial charge in [-0.2, -0.15) is 0 Å². The van der Waals surface area contributed by atoms with Gasteiger partial charge in [0.25, 0.3) is 0 Å². The summed E-state index contributed by atoms with van der Waals surface area (Å²) >= 11 is 9.13. The van der Waals surface area contributed by atoms with Gasteiger partial charge in [0.2, 0.25) is 0 Å². The molecule has 0 aliphatic rings. The molecule has 0 radical (unpaired) electrons. The monoisotopic (exact) mass is 235 g/mol. The number of para-hydroxylation sites is 1. The molecule has 0 unspecified atom stereocenters. The maximum absolute atomic E-state index is 5.00. The van der Waals surface area contributed by atoms with Crippen LogP contribution < -0.4 is 0 Å². The van der Waals surface area contributed by atoms with E-state index in [1.54, 1.807) is 0 Å². The maximum Gasteiger partial charge on any atom is 0.185 e. The standard InChI is InChI=1S/C10H9N3S2/c1-7-11-12-9(10(14)15)13(7)8-5-3-2-4-6-8/h2-6H,1H3,(H,14,15). The molecule has 0 N–H and O–H groups in total. The number of thiocarbonyl (C=S) groups is 1. The molecule has 0 spiro atoms. The van der Waals surface area contributed by atoms with E-state index in [9.17, 15) is 0 Å². The average molecular weight is 235 g/mol. The molecular formula is C10H9N3S2. The first kappa shape index (κ1) is 10.3. The van der Waals surface area contributed by atoms with E-state index in [0.717, 1.165) is 11.5 Å². The molecule has 2 rings (SSSR count). The lowest BCUT2D eigenvalue weighted by Gasteiger charge is -2.06. The minimum atomic E-state index is 0.444. The lowest BCUT2D eigenvalue weighted by molar-refractivity contribution is 0.966. The van der Waals surface area contributed by atoms with Crippen LogP contribution in [-0.4, -0.2) is 19.0 Å². The number of aromatic nitrogens is 3. The Kier molecular flexibility index (Phi) is 2.83. The Bertz CT molecular complexity index is 491. The fourth-order valence-electron chi connectivity index (χ4n) is 1.39. The highest BCUT2D eigenvalue weighted by molar-refractivity contribution is 8.11. The van der Waals surface area contributed by atoms with Crippen LogP contribution >= 0.6 is 24.8 Å². The molecule has 0 saturated heterocycles. The number of aryl methyl sites for hydroxylation is 1. The molecule has 1 heterocycles. The summed E-state index contributed by atoms with van der Waals surface area (Å²) in [5.41, 5.74) is 0.992. The Hall–Kier alpha value is -1.20. The van der Waals surface area contributed by atoms with Crippen LogP contribution in [0.5, 0.6) is 0 Å². The first-order chi connectivity index (χ1) is 7.20. The van der Waals surface area contributed by atoms with Gasteiger partial charge in [0.1, 0.15) is 10.0 Å². The molecule has 0 fully saturated rings. The molecule has 1 aromatic carbocycles. The quantitative estimate of drug-likeness (QED) is 0.639. The highest BCUT2D eigenvalue weighted by atomic mass is 32.1. The molecule has 0 bridgehead atoms. The van der Waals surface area contributed by atoms with Gasteiger partial charge < -0.3 is 0 Å². The lowest BCUT2D eigenvalue weighted by Crippen LogP contribution is -2.04. The van der Waals surface area contributed by atoms with Gasteiger partial charge in [0, 0.05) is 5.69 Å². The van der Waals surface area contributed by atoms with Crippen LogP contribution in [0.4, 0.5) is 0 Å². The minimum Gasteiger partial charge on any atom is -0.278 e. The van der Waals surface area contributed by atoms with Crippen molar-refractivity contribution in [3.05, 3.63) is 42.0 Å². The Morgan fingerprint density at radius 3 is 2.53 bits per heavy atom. The largest absolute Gasteiger partial charge is 0.278 e. The second-order valence-electron chi connectivity index (χ2n) is 3.05. The van der Waals surface area contributed by atoms with Gasteiger partial charge in [-0.1, -0.05) is 30.4 Å². The van der Waals surface area contributed by atoms with Crippen molar-refractivity contribution in [2.75, 3.05) is 0 Å². The zero-order valence-electron chi connectivity index (χ0n) is 8.08. The van der Waals surface area contributed by atoms with Gasteiger partial charge in [-0.15, -0.1) is 22.8 Å². The molecule has 0 amide bonds. The van der Waals surface area contributed by atoms with Crippen LogP contribution in [-0.2, 0) is 0 Å². The fourth-order valence-corrected chi connectivity index (χ4v) is 1.66. The fraction of sp³-hybridized carbons (Fsp3) is 0.100. The third kappa shape index (κ3) is 1.93. The number of rotatable bonds is 2.